The number of cyclic esters (lactones) is 1. The third kappa shape index (κ3) is 1.60. The Labute approximate surface area is 98.2 Å². The molecule has 1 aromatic rings. The van der Waals surface area contributed by atoms with Crippen LogP contribution < -0.4 is 0 Å². The molecule has 0 saturated heterocycles. The van der Waals surface area contributed by atoms with E-state index in [1.807, 2.05) is 0 Å². The van der Waals surface area contributed by atoms with Crippen molar-refractivity contribution in [3.63, 3.8) is 0 Å². The summed E-state index contributed by atoms with van der Waals surface area (Å²) in [6.07, 6.45) is -4.98. The molecular weight excluding hydrogens is 255 g/mol. The fourth-order valence-corrected chi connectivity index (χ4v) is 1.67. The average Bonchev–Trinajstić information content (AvgIpc) is 2.27. The maximum absolute atomic E-state index is 12.8. The van der Waals surface area contributed by atoms with Gasteiger partial charge in [-0.2, -0.15) is 13.2 Å². The standard InChI is InChI=1S/C10H6F3NO4/c11-10(12,13)9(8(16)17)4-5-2-1-3-14-6(5)7(15)18-9/h1-3H,4H2,(H,16,17). The molecule has 1 aliphatic rings. The van der Waals surface area contributed by atoms with Crippen LogP contribution in [0.4, 0.5) is 13.2 Å². The smallest absolute Gasteiger partial charge is 0.439 e. The Balaban J connectivity index is 2.57. The van der Waals surface area contributed by atoms with Gasteiger partial charge in [-0.25, -0.2) is 14.6 Å². The minimum atomic E-state index is -5.21. The number of carboxylic acid groups (broad SMARTS) is 1. The van der Waals surface area contributed by atoms with Gasteiger partial charge in [0.2, 0.25) is 0 Å². The van der Waals surface area contributed by atoms with Gasteiger partial charge in [0.15, 0.2) is 5.69 Å². The van der Waals surface area contributed by atoms with Gasteiger partial charge >= 0.3 is 23.7 Å². The lowest BCUT2D eigenvalue weighted by molar-refractivity contribution is -0.260. The van der Waals surface area contributed by atoms with Gasteiger partial charge in [-0.3, -0.25) is 0 Å². The van der Waals surface area contributed by atoms with Gasteiger partial charge in [0.1, 0.15) is 0 Å². The lowest BCUT2D eigenvalue weighted by Gasteiger charge is -2.34. The van der Waals surface area contributed by atoms with E-state index in [2.05, 4.69) is 9.72 Å². The molecule has 1 unspecified atom stereocenters. The van der Waals surface area contributed by atoms with E-state index in [1.54, 1.807) is 0 Å². The highest BCUT2D eigenvalue weighted by Gasteiger charge is 2.66. The van der Waals surface area contributed by atoms with E-state index in [0.29, 0.717) is 0 Å². The van der Waals surface area contributed by atoms with Crippen molar-refractivity contribution in [3.8, 4) is 0 Å². The molecule has 2 rings (SSSR count). The van der Waals surface area contributed by atoms with Gasteiger partial charge in [0, 0.05) is 12.6 Å². The van der Waals surface area contributed by atoms with E-state index in [4.69, 9.17) is 5.11 Å². The Morgan fingerprint density at radius 1 is 1.50 bits per heavy atom. The number of rotatable bonds is 1. The van der Waals surface area contributed by atoms with Crippen LogP contribution in [0.5, 0.6) is 0 Å². The van der Waals surface area contributed by atoms with Crippen molar-refractivity contribution in [2.45, 2.75) is 18.2 Å². The first-order chi connectivity index (χ1) is 8.28. The van der Waals surface area contributed by atoms with Crippen LogP contribution in [0, 0.1) is 0 Å². The molecule has 0 saturated carbocycles. The van der Waals surface area contributed by atoms with Crippen molar-refractivity contribution in [2.24, 2.45) is 0 Å². The van der Waals surface area contributed by atoms with Gasteiger partial charge in [-0.05, 0) is 11.6 Å². The van der Waals surface area contributed by atoms with Crippen LogP contribution in [0.2, 0.25) is 0 Å². The Hall–Kier alpha value is -2.12. The summed E-state index contributed by atoms with van der Waals surface area (Å²) in [5.74, 6) is -3.64. The van der Waals surface area contributed by atoms with Crippen LogP contribution in [0.15, 0.2) is 18.3 Å². The number of carbonyl (C=O) groups is 2. The third-order valence-electron chi connectivity index (χ3n) is 2.59. The Kier molecular flexibility index (Phi) is 2.53. The fourth-order valence-electron chi connectivity index (χ4n) is 1.67. The quantitative estimate of drug-likeness (QED) is 0.768. The summed E-state index contributed by atoms with van der Waals surface area (Å²) >= 11 is 0. The largest absolute Gasteiger partial charge is 0.478 e. The maximum atomic E-state index is 12.8. The summed E-state index contributed by atoms with van der Waals surface area (Å²) in [4.78, 5) is 25.8. The van der Waals surface area contributed by atoms with Crippen molar-refractivity contribution in [3.05, 3.63) is 29.6 Å². The van der Waals surface area contributed by atoms with Gasteiger partial charge in [-0.15, -0.1) is 0 Å². The molecule has 1 atom stereocenters. The SMILES string of the molecule is O=C1OC(C(=O)O)(C(F)(F)F)Cc2cccnc21. The molecule has 5 nitrogen and oxygen atoms in total. The van der Waals surface area contributed by atoms with Crippen molar-refractivity contribution in [2.75, 3.05) is 0 Å². The number of pyridine rings is 1. The monoisotopic (exact) mass is 261 g/mol. The van der Waals surface area contributed by atoms with E-state index in [1.165, 1.54) is 18.3 Å². The van der Waals surface area contributed by atoms with Gasteiger partial charge in [-0.1, -0.05) is 6.07 Å². The molecule has 8 heteroatoms. The van der Waals surface area contributed by atoms with Crippen LogP contribution in [0.1, 0.15) is 16.1 Å². The zero-order valence-electron chi connectivity index (χ0n) is 8.69. The van der Waals surface area contributed by atoms with Crippen molar-refractivity contribution < 1.29 is 32.6 Å². The molecule has 0 fully saturated rings. The lowest BCUT2D eigenvalue weighted by atomic mass is 9.90. The van der Waals surface area contributed by atoms with Crippen LogP contribution in [-0.2, 0) is 16.0 Å². The van der Waals surface area contributed by atoms with Crippen LogP contribution in [0.25, 0.3) is 0 Å². The highest BCUT2D eigenvalue weighted by molar-refractivity contribution is 5.94. The number of fused-ring (bicyclic) bond motifs is 1. The molecule has 0 radical (unpaired) electrons. The van der Waals surface area contributed by atoms with Crippen LogP contribution in [-0.4, -0.2) is 33.8 Å². The average molecular weight is 261 g/mol. The van der Waals surface area contributed by atoms with Crippen molar-refractivity contribution in [1.29, 1.82) is 0 Å². The number of carboxylic acids is 1. The van der Waals surface area contributed by atoms with E-state index in [0.717, 1.165) is 0 Å². The summed E-state index contributed by atoms with van der Waals surface area (Å²) in [5, 5.41) is 8.75. The third-order valence-corrected chi connectivity index (χ3v) is 2.59. The molecule has 1 N–H and O–H groups in total. The first kappa shape index (κ1) is 12.3. The number of esters is 1. The van der Waals surface area contributed by atoms with Crippen LogP contribution in [0.3, 0.4) is 0 Å². The van der Waals surface area contributed by atoms with E-state index < -0.39 is 30.1 Å². The second kappa shape index (κ2) is 3.69. The highest BCUT2D eigenvalue weighted by Crippen LogP contribution is 2.40. The predicted molar refractivity (Wildman–Crippen MR) is 49.8 cm³/mol. The number of aromatic nitrogens is 1. The molecule has 0 aromatic carbocycles. The number of ether oxygens (including phenoxy) is 1. The molecule has 2 heterocycles. The summed E-state index contributed by atoms with van der Waals surface area (Å²) < 4.78 is 42.6. The Morgan fingerprint density at radius 2 is 2.17 bits per heavy atom. The fraction of sp³-hybridized carbons (Fsp3) is 0.300. The number of aliphatic carboxylic acids is 1. The van der Waals surface area contributed by atoms with E-state index in [-0.39, 0.29) is 11.3 Å². The molecule has 18 heavy (non-hydrogen) atoms. The molecule has 0 spiro atoms. The number of carbonyl (C=O) groups excluding carboxylic acids is 1. The summed E-state index contributed by atoms with van der Waals surface area (Å²) in [7, 11) is 0. The van der Waals surface area contributed by atoms with Crippen molar-refractivity contribution >= 4 is 11.9 Å². The second-order valence-corrected chi connectivity index (χ2v) is 3.71. The number of halogens is 3. The number of alkyl halides is 3. The van der Waals surface area contributed by atoms with Crippen molar-refractivity contribution in [1.82, 2.24) is 4.98 Å². The summed E-state index contributed by atoms with van der Waals surface area (Å²) in [6.45, 7) is 0. The van der Waals surface area contributed by atoms with Gasteiger partial charge in [0.25, 0.3) is 0 Å². The molecule has 1 aromatic heterocycles. The molecule has 96 valence electrons. The van der Waals surface area contributed by atoms with E-state index >= 15 is 0 Å². The number of hydrogen-bond donors (Lipinski definition) is 1. The second-order valence-electron chi connectivity index (χ2n) is 3.71. The zero-order chi connectivity index (χ0) is 13.6. The first-order valence-electron chi connectivity index (χ1n) is 4.75. The maximum Gasteiger partial charge on any atom is 0.439 e. The lowest BCUT2D eigenvalue weighted by Crippen LogP contribution is -2.59. The summed E-state index contributed by atoms with van der Waals surface area (Å²) in [6, 6.07) is 2.53. The normalized spacial score (nSPS) is 23.2. The van der Waals surface area contributed by atoms with Gasteiger partial charge < -0.3 is 9.84 Å². The van der Waals surface area contributed by atoms with E-state index in [9.17, 15) is 22.8 Å². The predicted octanol–water partition coefficient (Wildman–Crippen LogP) is 1.18. The first-order valence-corrected chi connectivity index (χ1v) is 4.75. The molecule has 0 bridgehead atoms. The van der Waals surface area contributed by atoms with Crippen LogP contribution >= 0.6 is 0 Å². The van der Waals surface area contributed by atoms with Gasteiger partial charge in [0.05, 0.1) is 0 Å². The Bertz CT molecular complexity index is 528. The number of hydrogen-bond acceptors (Lipinski definition) is 4. The Morgan fingerprint density at radius 3 is 2.72 bits per heavy atom. The number of nitrogens with zero attached hydrogens (tertiary/aromatic N) is 1. The minimum absolute atomic E-state index is 0.103. The molecule has 0 aliphatic carbocycles. The molecule has 1 aliphatic heterocycles. The zero-order valence-corrected chi connectivity index (χ0v) is 8.69. The summed E-state index contributed by atoms with van der Waals surface area (Å²) in [5.41, 5.74) is -3.94. The minimum Gasteiger partial charge on any atom is -0.478 e. The highest BCUT2D eigenvalue weighted by atomic mass is 19.4. The molecule has 0 amide bonds. The molecular formula is C10H6F3NO4. The topological polar surface area (TPSA) is 76.5 Å².